The summed E-state index contributed by atoms with van der Waals surface area (Å²) >= 11 is 0. The molecule has 33 heavy (non-hydrogen) atoms. The lowest BCUT2D eigenvalue weighted by Gasteiger charge is -2.42. The Bertz CT molecular complexity index is 1060. The van der Waals surface area contributed by atoms with Crippen LogP contribution >= 0.6 is 0 Å². The molecule has 6 nitrogen and oxygen atoms in total. The molecular formula is C26H31FN4O2. The van der Waals surface area contributed by atoms with Crippen molar-refractivity contribution in [2.75, 3.05) is 6.54 Å². The summed E-state index contributed by atoms with van der Waals surface area (Å²) in [5, 5.41) is 19.5. The number of halogens is 1. The van der Waals surface area contributed by atoms with Crippen molar-refractivity contribution < 1.29 is 14.3 Å². The number of nitrogens with zero attached hydrogens (tertiary/aromatic N) is 4. The van der Waals surface area contributed by atoms with E-state index in [1.54, 1.807) is 23.0 Å². The summed E-state index contributed by atoms with van der Waals surface area (Å²) in [5.74, 6) is -0.226. The van der Waals surface area contributed by atoms with E-state index in [1.807, 2.05) is 11.8 Å². The van der Waals surface area contributed by atoms with Crippen LogP contribution in [0, 0.1) is 12.7 Å². The number of piperidine rings is 1. The second-order valence-electron chi connectivity index (χ2n) is 8.89. The van der Waals surface area contributed by atoms with Crippen LogP contribution in [0.2, 0.25) is 0 Å². The highest BCUT2D eigenvalue weighted by Gasteiger charge is 2.39. The molecule has 174 valence electrons. The van der Waals surface area contributed by atoms with Crippen molar-refractivity contribution in [1.82, 2.24) is 19.9 Å². The van der Waals surface area contributed by atoms with E-state index in [-0.39, 0.29) is 30.4 Å². The van der Waals surface area contributed by atoms with Gasteiger partial charge in [-0.2, -0.15) is 0 Å². The van der Waals surface area contributed by atoms with Crippen LogP contribution in [0.5, 0.6) is 0 Å². The number of rotatable bonds is 7. The molecule has 1 aliphatic rings. The highest BCUT2D eigenvalue weighted by molar-refractivity contribution is 5.77. The average molecular weight is 451 g/mol. The molecule has 1 amide bonds. The molecule has 1 aliphatic heterocycles. The van der Waals surface area contributed by atoms with Crippen molar-refractivity contribution in [2.45, 2.75) is 64.1 Å². The second kappa shape index (κ2) is 10.3. The Morgan fingerprint density at radius 3 is 2.55 bits per heavy atom. The molecule has 1 N–H and O–H groups in total. The Morgan fingerprint density at radius 2 is 1.85 bits per heavy atom. The van der Waals surface area contributed by atoms with Crippen LogP contribution in [0.4, 0.5) is 4.39 Å². The molecule has 3 atom stereocenters. The number of β-amino-alcohol motifs (C(OH)–C–C–N with tert-alkyl or cyclic N) is 1. The standard InChI is InChI=1S/C26H31FN4O2/c1-3-4-5-6-26(33)30-17-25(32)24(15-23(30)20-9-7-18(2)8-10-20)31-16-22(28-29-31)19-11-13-21(27)14-12-19/h7-14,16,23-25,32H,3-6,15,17H2,1-2H3/t23-,24+,25+/m0/s1. The zero-order valence-electron chi connectivity index (χ0n) is 19.2. The maximum absolute atomic E-state index is 13.3. The molecular weight excluding hydrogens is 419 g/mol. The second-order valence-corrected chi connectivity index (χ2v) is 8.89. The summed E-state index contributed by atoms with van der Waals surface area (Å²) < 4.78 is 15.0. The van der Waals surface area contributed by atoms with Gasteiger partial charge in [-0.25, -0.2) is 9.07 Å². The number of amides is 1. The number of carbonyl (C=O) groups is 1. The highest BCUT2D eigenvalue weighted by Crippen LogP contribution is 2.37. The third-order valence-electron chi connectivity index (χ3n) is 6.44. The number of aliphatic hydroxyl groups is 1. The van der Waals surface area contributed by atoms with E-state index in [4.69, 9.17) is 0 Å². The average Bonchev–Trinajstić information content (AvgIpc) is 3.30. The lowest BCUT2D eigenvalue weighted by Crippen LogP contribution is -2.49. The first kappa shape index (κ1) is 23.1. The van der Waals surface area contributed by atoms with Gasteiger partial charge in [-0.1, -0.05) is 54.8 Å². The largest absolute Gasteiger partial charge is 0.389 e. The third kappa shape index (κ3) is 5.30. The van der Waals surface area contributed by atoms with E-state index < -0.39 is 6.10 Å². The normalized spacial score (nSPS) is 20.7. The molecule has 0 saturated carbocycles. The van der Waals surface area contributed by atoms with E-state index in [1.165, 1.54) is 12.1 Å². The molecule has 2 aromatic carbocycles. The van der Waals surface area contributed by atoms with Crippen molar-refractivity contribution >= 4 is 5.91 Å². The molecule has 0 unspecified atom stereocenters. The van der Waals surface area contributed by atoms with Crippen LogP contribution in [0.25, 0.3) is 11.3 Å². The van der Waals surface area contributed by atoms with Crippen molar-refractivity contribution in [1.29, 1.82) is 0 Å². The summed E-state index contributed by atoms with van der Waals surface area (Å²) in [7, 11) is 0. The SMILES string of the molecule is CCCCCC(=O)N1C[C@@H](O)[C@H](n2cc(-c3ccc(F)cc3)nn2)C[C@H]1c1ccc(C)cc1. The summed E-state index contributed by atoms with van der Waals surface area (Å²) in [6.07, 6.45) is 4.99. The molecule has 0 aliphatic carbocycles. The lowest BCUT2D eigenvalue weighted by atomic mass is 9.89. The Morgan fingerprint density at radius 1 is 1.12 bits per heavy atom. The van der Waals surface area contributed by atoms with E-state index in [2.05, 4.69) is 41.5 Å². The minimum absolute atomic E-state index is 0.0807. The number of hydrogen-bond acceptors (Lipinski definition) is 4. The molecule has 0 spiro atoms. The Labute approximate surface area is 194 Å². The Balaban J connectivity index is 1.59. The Kier molecular flexibility index (Phi) is 7.18. The van der Waals surface area contributed by atoms with Crippen LogP contribution in [-0.2, 0) is 4.79 Å². The number of carbonyl (C=O) groups excluding carboxylic acids is 1. The predicted molar refractivity (Wildman–Crippen MR) is 125 cm³/mol. The molecule has 3 aromatic rings. The van der Waals surface area contributed by atoms with Gasteiger partial charge >= 0.3 is 0 Å². The molecule has 7 heteroatoms. The molecule has 0 bridgehead atoms. The summed E-state index contributed by atoms with van der Waals surface area (Å²) in [6, 6.07) is 13.9. The van der Waals surface area contributed by atoms with E-state index in [9.17, 15) is 14.3 Å². The fourth-order valence-electron chi connectivity index (χ4n) is 4.49. The lowest BCUT2D eigenvalue weighted by molar-refractivity contribution is -0.140. The molecule has 0 radical (unpaired) electrons. The fraction of sp³-hybridized carbons (Fsp3) is 0.423. The third-order valence-corrected chi connectivity index (χ3v) is 6.44. The molecule has 4 rings (SSSR count). The van der Waals surface area contributed by atoms with Crippen LogP contribution in [0.1, 0.15) is 62.2 Å². The van der Waals surface area contributed by atoms with E-state index in [0.717, 1.165) is 36.0 Å². The number of aromatic nitrogens is 3. The monoisotopic (exact) mass is 450 g/mol. The number of aliphatic hydroxyl groups excluding tert-OH is 1. The summed E-state index contributed by atoms with van der Waals surface area (Å²) in [5.41, 5.74) is 3.59. The fourth-order valence-corrected chi connectivity index (χ4v) is 4.49. The summed E-state index contributed by atoms with van der Waals surface area (Å²) in [4.78, 5) is 14.9. The minimum atomic E-state index is -0.760. The van der Waals surface area contributed by atoms with Crippen molar-refractivity contribution in [3.05, 3.63) is 71.7 Å². The maximum atomic E-state index is 13.3. The van der Waals surface area contributed by atoms with Gasteiger partial charge in [0.2, 0.25) is 5.91 Å². The van der Waals surface area contributed by atoms with Gasteiger partial charge in [0.15, 0.2) is 0 Å². The van der Waals surface area contributed by atoms with Crippen molar-refractivity contribution in [3.8, 4) is 11.3 Å². The van der Waals surface area contributed by atoms with Crippen LogP contribution < -0.4 is 0 Å². The van der Waals surface area contributed by atoms with Crippen LogP contribution in [0.3, 0.4) is 0 Å². The van der Waals surface area contributed by atoms with Crippen molar-refractivity contribution in [2.24, 2.45) is 0 Å². The first-order chi connectivity index (χ1) is 16.0. The molecule has 1 saturated heterocycles. The topological polar surface area (TPSA) is 71.2 Å². The smallest absolute Gasteiger partial charge is 0.223 e. The van der Waals surface area contributed by atoms with Gasteiger partial charge < -0.3 is 10.0 Å². The van der Waals surface area contributed by atoms with Gasteiger partial charge in [-0.3, -0.25) is 4.79 Å². The molecule has 2 heterocycles. The van der Waals surface area contributed by atoms with E-state index in [0.29, 0.717) is 18.5 Å². The first-order valence-corrected chi connectivity index (χ1v) is 11.7. The number of likely N-dealkylation sites (tertiary alicyclic amines) is 1. The zero-order chi connectivity index (χ0) is 23.4. The maximum Gasteiger partial charge on any atom is 0.223 e. The van der Waals surface area contributed by atoms with Gasteiger partial charge in [0, 0.05) is 18.5 Å². The predicted octanol–water partition coefficient (Wildman–Crippen LogP) is 4.85. The van der Waals surface area contributed by atoms with Gasteiger partial charge in [0.1, 0.15) is 11.5 Å². The molecule has 1 fully saturated rings. The number of aryl methyl sites for hydroxylation is 1. The Hall–Kier alpha value is -3.06. The van der Waals surface area contributed by atoms with E-state index >= 15 is 0 Å². The van der Waals surface area contributed by atoms with Crippen LogP contribution in [-0.4, -0.2) is 43.6 Å². The number of benzene rings is 2. The first-order valence-electron chi connectivity index (χ1n) is 11.7. The van der Waals surface area contributed by atoms with Crippen LogP contribution in [0.15, 0.2) is 54.7 Å². The number of hydrogen-bond donors (Lipinski definition) is 1. The molecule has 1 aromatic heterocycles. The summed E-state index contributed by atoms with van der Waals surface area (Å²) in [6.45, 7) is 4.41. The zero-order valence-corrected chi connectivity index (χ0v) is 19.2. The quantitative estimate of drug-likeness (QED) is 0.523. The van der Waals surface area contributed by atoms with Gasteiger partial charge in [0.05, 0.1) is 24.4 Å². The number of unbranched alkanes of at least 4 members (excludes halogenated alkanes) is 2. The minimum Gasteiger partial charge on any atom is -0.389 e. The van der Waals surface area contributed by atoms with Gasteiger partial charge in [0.25, 0.3) is 0 Å². The van der Waals surface area contributed by atoms with Crippen molar-refractivity contribution in [3.63, 3.8) is 0 Å². The highest BCUT2D eigenvalue weighted by atomic mass is 19.1. The van der Waals surface area contributed by atoms with Gasteiger partial charge in [-0.05, 0) is 49.6 Å². The van der Waals surface area contributed by atoms with Gasteiger partial charge in [-0.15, -0.1) is 5.10 Å².